The summed E-state index contributed by atoms with van der Waals surface area (Å²) in [5.41, 5.74) is 1.95. The molecule has 5 nitrogen and oxygen atoms in total. The zero-order valence-corrected chi connectivity index (χ0v) is 16.7. The summed E-state index contributed by atoms with van der Waals surface area (Å²) in [5.74, 6) is -0.252. The van der Waals surface area contributed by atoms with Gasteiger partial charge < -0.3 is 4.74 Å². The van der Waals surface area contributed by atoms with E-state index in [1.807, 2.05) is 42.5 Å². The van der Waals surface area contributed by atoms with E-state index in [-0.39, 0.29) is 11.8 Å². The summed E-state index contributed by atoms with van der Waals surface area (Å²) in [7, 11) is -3.53. The van der Waals surface area contributed by atoms with Crippen molar-refractivity contribution in [3.05, 3.63) is 95.4 Å². The summed E-state index contributed by atoms with van der Waals surface area (Å²) in [6.45, 7) is 1.61. The molecular formula is C22H23NO4S. The van der Waals surface area contributed by atoms with E-state index in [1.165, 1.54) is 10.6 Å². The van der Waals surface area contributed by atoms with Crippen LogP contribution in [-0.2, 0) is 21.2 Å². The lowest BCUT2D eigenvalue weighted by Crippen LogP contribution is -2.35. The Balaban J connectivity index is 1.79. The smallest absolute Gasteiger partial charge is 0.343 e. The van der Waals surface area contributed by atoms with Crippen molar-refractivity contribution >= 4 is 16.0 Å². The Bertz CT molecular complexity index is 995. The maximum absolute atomic E-state index is 12.4. The van der Waals surface area contributed by atoms with Crippen LogP contribution in [0, 0.1) is 0 Å². The predicted octanol–water partition coefficient (Wildman–Crippen LogP) is 3.91. The normalized spacial score (nSPS) is 18.2. The second kappa shape index (κ2) is 8.44. The highest BCUT2D eigenvalue weighted by Gasteiger charge is 2.32. The van der Waals surface area contributed by atoms with Crippen molar-refractivity contribution in [2.75, 3.05) is 6.26 Å². The average molecular weight is 397 g/mol. The highest BCUT2D eigenvalue weighted by molar-refractivity contribution is 7.88. The lowest BCUT2D eigenvalue weighted by atomic mass is 10.1. The molecule has 2 aromatic rings. The Hall–Kier alpha value is -2.86. The van der Waals surface area contributed by atoms with Gasteiger partial charge in [0.25, 0.3) is 0 Å². The molecule has 2 aromatic carbocycles. The molecule has 0 fully saturated rings. The molecule has 3 rings (SSSR count). The first kappa shape index (κ1) is 19.9. The number of hydrogen-bond donors (Lipinski definition) is 0. The number of nitrogens with zero attached hydrogens (tertiary/aromatic N) is 1. The minimum atomic E-state index is -3.53. The molecule has 0 N–H and O–H groups in total. The topological polar surface area (TPSA) is 63.7 Å². The zero-order valence-electron chi connectivity index (χ0n) is 15.9. The van der Waals surface area contributed by atoms with Crippen LogP contribution in [0.25, 0.3) is 0 Å². The maximum Gasteiger partial charge on any atom is 0.343 e. The second-order valence-corrected chi connectivity index (χ2v) is 8.57. The van der Waals surface area contributed by atoms with E-state index in [2.05, 4.69) is 0 Å². The van der Waals surface area contributed by atoms with E-state index in [4.69, 9.17) is 4.74 Å². The van der Waals surface area contributed by atoms with E-state index in [1.54, 1.807) is 37.3 Å². The third-order valence-corrected chi connectivity index (χ3v) is 5.74. The minimum Gasteiger partial charge on any atom is -0.426 e. The van der Waals surface area contributed by atoms with E-state index >= 15 is 0 Å². The number of benzene rings is 2. The number of hydrogen-bond acceptors (Lipinski definition) is 4. The molecule has 0 amide bonds. The van der Waals surface area contributed by atoms with Crippen molar-refractivity contribution < 1.29 is 17.9 Å². The highest BCUT2D eigenvalue weighted by Crippen LogP contribution is 2.29. The molecule has 1 aliphatic heterocycles. The van der Waals surface area contributed by atoms with Gasteiger partial charge in [-0.1, -0.05) is 54.6 Å². The molecule has 28 heavy (non-hydrogen) atoms. The van der Waals surface area contributed by atoms with E-state index < -0.39 is 16.0 Å². The van der Waals surface area contributed by atoms with Gasteiger partial charge in [-0.25, -0.2) is 13.2 Å². The monoisotopic (exact) mass is 397 g/mol. The number of carbonyl (C=O) groups excluding carboxylic acids is 1. The Labute approximate surface area is 166 Å². The molecule has 0 saturated carbocycles. The summed E-state index contributed by atoms with van der Waals surface area (Å²) in [5, 5.41) is 0. The molecule has 0 bridgehead atoms. The van der Waals surface area contributed by atoms with Crippen LogP contribution < -0.4 is 0 Å². The largest absolute Gasteiger partial charge is 0.426 e. The average Bonchev–Trinajstić information content (AvgIpc) is 3.12. The first-order valence-corrected chi connectivity index (χ1v) is 10.9. The Morgan fingerprint density at radius 2 is 1.64 bits per heavy atom. The lowest BCUT2D eigenvalue weighted by molar-refractivity contribution is 0.0618. The summed E-state index contributed by atoms with van der Waals surface area (Å²) in [6, 6.07) is 18.2. The van der Waals surface area contributed by atoms with Crippen LogP contribution in [0.1, 0.15) is 29.3 Å². The highest BCUT2D eigenvalue weighted by atomic mass is 32.2. The molecule has 0 aromatic heterocycles. The third-order valence-electron chi connectivity index (χ3n) is 4.56. The van der Waals surface area contributed by atoms with Crippen LogP contribution >= 0.6 is 0 Å². The van der Waals surface area contributed by atoms with Gasteiger partial charge in [0.2, 0.25) is 10.0 Å². The molecule has 0 radical (unpaired) electrons. The van der Waals surface area contributed by atoms with Crippen LogP contribution in [-0.4, -0.2) is 31.0 Å². The third kappa shape index (κ3) is 4.70. The van der Waals surface area contributed by atoms with Gasteiger partial charge in [-0.15, -0.1) is 0 Å². The molecule has 1 unspecified atom stereocenters. The predicted molar refractivity (Wildman–Crippen MR) is 109 cm³/mol. The van der Waals surface area contributed by atoms with Gasteiger partial charge in [-0.3, -0.25) is 4.31 Å². The van der Waals surface area contributed by atoms with Gasteiger partial charge >= 0.3 is 5.97 Å². The summed E-state index contributed by atoms with van der Waals surface area (Å²) in [6.07, 6.45) is 6.11. The van der Waals surface area contributed by atoms with Crippen LogP contribution in [0.3, 0.4) is 0 Å². The quantitative estimate of drug-likeness (QED) is 0.548. The van der Waals surface area contributed by atoms with E-state index in [0.29, 0.717) is 17.7 Å². The molecule has 1 aliphatic rings. The Kier molecular flexibility index (Phi) is 5.99. The van der Waals surface area contributed by atoms with Crippen molar-refractivity contribution in [1.82, 2.24) is 4.31 Å². The number of esters is 1. The number of aryl methyl sites for hydroxylation is 1. The van der Waals surface area contributed by atoms with Crippen molar-refractivity contribution in [2.24, 2.45) is 0 Å². The number of sulfonamides is 1. The number of allylic oxidation sites excluding steroid dienone is 2. The van der Waals surface area contributed by atoms with E-state index in [9.17, 15) is 13.2 Å². The molecule has 6 heteroatoms. The molecular weight excluding hydrogens is 374 g/mol. The summed E-state index contributed by atoms with van der Waals surface area (Å²) >= 11 is 0. The van der Waals surface area contributed by atoms with Gasteiger partial charge in [0.1, 0.15) is 5.76 Å². The van der Waals surface area contributed by atoms with Crippen LogP contribution in [0.15, 0.2) is 84.3 Å². The first-order valence-electron chi connectivity index (χ1n) is 9.06. The van der Waals surface area contributed by atoms with E-state index in [0.717, 1.165) is 12.0 Å². The molecule has 1 heterocycles. The number of ether oxygens (including phenoxy) is 1. The fraction of sp³-hybridized carbons (Fsp3) is 0.227. The van der Waals surface area contributed by atoms with Gasteiger partial charge in [0.15, 0.2) is 0 Å². The maximum atomic E-state index is 12.4. The lowest BCUT2D eigenvalue weighted by Gasteiger charge is -2.26. The minimum absolute atomic E-state index is 0.262. The van der Waals surface area contributed by atoms with Crippen molar-refractivity contribution in [3.8, 4) is 0 Å². The van der Waals surface area contributed by atoms with Gasteiger partial charge in [-0.2, -0.15) is 0 Å². The fourth-order valence-corrected chi connectivity index (χ4v) is 4.44. The molecule has 146 valence electrons. The van der Waals surface area contributed by atoms with Crippen LogP contribution in [0.2, 0.25) is 0 Å². The molecule has 0 saturated heterocycles. The fourth-order valence-electron chi connectivity index (χ4n) is 3.23. The van der Waals surface area contributed by atoms with Crippen molar-refractivity contribution in [3.63, 3.8) is 0 Å². The zero-order chi connectivity index (χ0) is 20.1. The Morgan fingerprint density at radius 1 is 1.04 bits per heavy atom. The Morgan fingerprint density at radius 3 is 2.25 bits per heavy atom. The summed E-state index contributed by atoms with van der Waals surface area (Å²) < 4.78 is 31.7. The summed E-state index contributed by atoms with van der Waals surface area (Å²) in [4.78, 5) is 12.3. The second-order valence-electron chi connectivity index (χ2n) is 6.71. The standard InChI is InChI=1S/C22H23NO4S/c1-17(27-22(24)19-11-7-4-8-12-19)21-16-15-20(23(21)28(2,25)26)14-13-18-9-5-3-6-10-18/h3-12,15-16,20H,13-14H2,1-2H3/b21-17-. The van der Waals surface area contributed by atoms with Gasteiger partial charge in [0, 0.05) is 0 Å². The van der Waals surface area contributed by atoms with Gasteiger partial charge in [0.05, 0.1) is 23.6 Å². The van der Waals surface area contributed by atoms with Crippen LogP contribution in [0.4, 0.5) is 0 Å². The molecule has 0 aliphatic carbocycles. The number of carbonyl (C=O) groups is 1. The van der Waals surface area contributed by atoms with Crippen LogP contribution in [0.5, 0.6) is 0 Å². The SMILES string of the molecule is C/C(OC(=O)c1ccccc1)=C1\C=CC(CCc2ccccc2)N1S(C)(=O)=O. The first-order chi connectivity index (χ1) is 13.4. The van der Waals surface area contributed by atoms with Gasteiger partial charge in [-0.05, 0) is 43.5 Å². The molecule has 1 atom stereocenters. The van der Waals surface area contributed by atoms with Crippen molar-refractivity contribution in [1.29, 1.82) is 0 Å². The number of rotatable bonds is 6. The molecule has 0 spiro atoms. The van der Waals surface area contributed by atoms with Crippen molar-refractivity contribution in [2.45, 2.75) is 25.8 Å².